The zero-order chi connectivity index (χ0) is 24.1. The zero-order valence-corrected chi connectivity index (χ0v) is 19.1. The Balaban J connectivity index is 1.79. The Morgan fingerprint density at radius 3 is 2.71 bits per heavy atom. The highest BCUT2D eigenvalue weighted by molar-refractivity contribution is 7.17. The second kappa shape index (κ2) is 8.07. The number of thiazole rings is 1. The minimum atomic E-state index is -0.933. The van der Waals surface area contributed by atoms with Crippen molar-refractivity contribution in [3.8, 4) is 5.75 Å². The van der Waals surface area contributed by atoms with Gasteiger partial charge in [-0.25, -0.2) is 14.2 Å². The number of hydrogen-bond acceptors (Lipinski definition) is 8. The molecule has 0 fully saturated rings. The number of aryl methyl sites for hydroxylation is 1. The number of aromatic nitrogens is 1. The molecular formula is C24H17FN2O6S. The number of methoxy groups -OCH3 is 2. The fourth-order valence-corrected chi connectivity index (χ4v) is 5.05. The standard InChI is InChI=1S/C24H17FN2O6S/c1-11-21(23(30)32-3)34-24(26-11)27-18(12-5-4-6-14(9-12)31-2)17-19(28)15-10-13(25)7-8-16(15)33-20(17)22(27)29/h4-10,18H,1-3H3/t18-/m0/s1. The van der Waals surface area contributed by atoms with Crippen molar-refractivity contribution in [3.63, 3.8) is 0 Å². The molecular weight excluding hydrogens is 463 g/mol. The van der Waals surface area contributed by atoms with Gasteiger partial charge in [-0.1, -0.05) is 23.5 Å². The molecule has 0 aliphatic carbocycles. The van der Waals surface area contributed by atoms with E-state index in [4.69, 9.17) is 13.9 Å². The molecule has 0 unspecified atom stereocenters. The summed E-state index contributed by atoms with van der Waals surface area (Å²) in [6.07, 6.45) is 0. The van der Waals surface area contributed by atoms with Crippen LogP contribution in [0.3, 0.4) is 0 Å². The molecule has 2 aromatic heterocycles. The molecule has 0 spiro atoms. The van der Waals surface area contributed by atoms with Gasteiger partial charge in [0.15, 0.2) is 10.6 Å². The summed E-state index contributed by atoms with van der Waals surface area (Å²) < 4.78 is 29.9. The van der Waals surface area contributed by atoms with Crippen LogP contribution in [0.2, 0.25) is 0 Å². The highest BCUT2D eigenvalue weighted by Gasteiger charge is 2.45. The number of carbonyl (C=O) groups is 2. The summed E-state index contributed by atoms with van der Waals surface area (Å²) >= 11 is 0.969. The van der Waals surface area contributed by atoms with Gasteiger partial charge in [-0.15, -0.1) is 0 Å². The Bertz CT molecular complexity index is 1540. The number of carbonyl (C=O) groups excluding carboxylic acids is 2. The third kappa shape index (κ3) is 3.26. The van der Waals surface area contributed by atoms with Crippen molar-refractivity contribution in [2.45, 2.75) is 13.0 Å². The molecule has 5 rings (SSSR count). The summed E-state index contributed by atoms with van der Waals surface area (Å²) in [7, 11) is 2.76. The summed E-state index contributed by atoms with van der Waals surface area (Å²) in [4.78, 5) is 45.3. The van der Waals surface area contributed by atoms with Gasteiger partial charge >= 0.3 is 5.97 Å². The first-order valence-electron chi connectivity index (χ1n) is 10.1. The molecule has 3 heterocycles. The Morgan fingerprint density at radius 2 is 1.97 bits per heavy atom. The van der Waals surface area contributed by atoms with Gasteiger partial charge in [0, 0.05) is 0 Å². The molecule has 1 amide bonds. The Hall–Kier alpha value is -4.05. The van der Waals surface area contributed by atoms with Gasteiger partial charge in [0.2, 0.25) is 5.76 Å². The summed E-state index contributed by atoms with van der Waals surface area (Å²) in [6.45, 7) is 1.63. The maximum Gasteiger partial charge on any atom is 0.350 e. The van der Waals surface area contributed by atoms with Crippen molar-refractivity contribution < 1.29 is 27.9 Å². The average Bonchev–Trinajstić information content (AvgIpc) is 3.36. The topological polar surface area (TPSA) is 98.9 Å². The van der Waals surface area contributed by atoms with Crippen molar-refractivity contribution in [2.75, 3.05) is 19.1 Å². The fraction of sp³-hybridized carbons (Fsp3) is 0.167. The number of fused-ring (bicyclic) bond motifs is 2. The van der Waals surface area contributed by atoms with Crippen LogP contribution in [-0.2, 0) is 4.74 Å². The Labute approximate surface area is 196 Å². The fourth-order valence-electron chi connectivity index (χ4n) is 4.04. The van der Waals surface area contributed by atoms with Crippen molar-refractivity contribution in [1.82, 2.24) is 4.98 Å². The van der Waals surface area contributed by atoms with Gasteiger partial charge in [0.25, 0.3) is 5.91 Å². The van der Waals surface area contributed by atoms with Crippen LogP contribution in [0.4, 0.5) is 9.52 Å². The molecule has 2 aromatic carbocycles. The summed E-state index contributed by atoms with van der Waals surface area (Å²) in [5.41, 5.74) is 0.563. The van der Waals surface area contributed by atoms with E-state index in [0.29, 0.717) is 17.0 Å². The highest BCUT2D eigenvalue weighted by atomic mass is 32.1. The predicted octanol–water partition coefficient (Wildman–Crippen LogP) is 4.24. The number of amides is 1. The molecule has 1 atom stereocenters. The minimum Gasteiger partial charge on any atom is -0.497 e. The Kier molecular flexibility index (Phi) is 5.17. The van der Waals surface area contributed by atoms with Crippen LogP contribution >= 0.6 is 11.3 Å². The third-order valence-electron chi connectivity index (χ3n) is 5.60. The van der Waals surface area contributed by atoms with Crippen molar-refractivity contribution >= 4 is 39.3 Å². The molecule has 0 bridgehead atoms. The van der Waals surface area contributed by atoms with Crippen molar-refractivity contribution in [1.29, 1.82) is 0 Å². The number of rotatable bonds is 4. The lowest BCUT2D eigenvalue weighted by atomic mass is 9.98. The van der Waals surface area contributed by atoms with Crippen molar-refractivity contribution in [2.24, 2.45) is 0 Å². The van der Waals surface area contributed by atoms with E-state index in [2.05, 4.69) is 4.98 Å². The van der Waals surface area contributed by atoms with E-state index in [1.807, 2.05) is 0 Å². The molecule has 172 valence electrons. The van der Waals surface area contributed by atoms with Gasteiger partial charge in [-0.3, -0.25) is 14.5 Å². The number of esters is 1. The summed E-state index contributed by atoms with van der Waals surface area (Å²) in [6, 6.07) is 9.50. The van der Waals surface area contributed by atoms with E-state index in [9.17, 15) is 18.8 Å². The number of halogens is 1. The van der Waals surface area contributed by atoms with Crippen LogP contribution in [0.5, 0.6) is 5.75 Å². The number of benzene rings is 2. The molecule has 8 nitrogen and oxygen atoms in total. The van der Waals surface area contributed by atoms with Crippen LogP contribution in [0, 0.1) is 12.7 Å². The third-order valence-corrected chi connectivity index (χ3v) is 6.74. The molecule has 10 heteroatoms. The van der Waals surface area contributed by atoms with Crippen LogP contribution in [0.25, 0.3) is 11.0 Å². The molecule has 0 N–H and O–H groups in total. The second-order valence-corrected chi connectivity index (χ2v) is 8.55. The maximum atomic E-state index is 13.9. The minimum absolute atomic E-state index is 0.0202. The van der Waals surface area contributed by atoms with Gasteiger partial charge in [-0.05, 0) is 42.8 Å². The number of ether oxygens (including phenoxy) is 2. The van der Waals surface area contributed by atoms with Gasteiger partial charge < -0.3 is 13.9 Å². The maximum absolute atomic E-state index is 13.9. The molecule has 1 aliphatic rings. The number of hydrogen-bond donors (Lipinski definition) is 0. The first-order valence-corrected chi connectivity index (χ1v) is 10.9. The monoisotopic (exact) mass is 480 g/mol. The van der Waals surface area contributed by atoms with E-state index in [0.717, 1.165) is 23.5 Å². The molecule has 4 aromatic rings. The lowest BCUT2D eigenvalue weighted by Gasteiger charge is -2.22. The smallest absolute Gasteiger partial charge is 0.350 e. The summed E-state index contributed by atoms with van der Waals surface area (Å²) in [5.74, 6) is -1.43. The van der Waals surface area contributed by atoms with Gasteiger partial charge in [-0.2, -0.15) is 0 Å². The van der Waals surface area contributed by atoms with Gasteiger partial charge in [0.05, 0.1) is 36.9 Å². The van der Waals surface area contributed by atoms with Crippen LogP contribution in [0.15, 0.2) is 51.7 Å². The average molecular weight is 480 g/mol. The first-order chi connectivity index (χ1) is 16.3. The molecule has 0 radical (unpaired) electrons. The molecule has 0 saturated heterocycles. The van der Waals surface area contributed by atoms with E-state index in [1.165, 1.54) is 25.2 Å². The highest BCUT2D eigenvalue weighted by Crippen LogP contribution is 2.43. The second-order valence-electron chi connectivity index (χ2n) is 7.57. The first kappa shape index (κ1) is 21.8. The normalized spacial score (nSPS) is 15.0. The predicted molar refractivity (Wildman–Crippen MR) is 122 cm³/mol. The van der Waals surface area contributed by atoms with Crippen LogP contribution in [-0.4, -0.2) is 31.1 Å². The summed E-state index contributed by atoms with van der Waals surface area (Å²) in [5, 5.41) is 0.212. The van der Waals surface area contributed by atoms with Gasteiger partial charge in [0.1, 0.15) is 22.0 Å². The number of anilines is 1. The van der Waals surface area contributed by atoms with E-state index in [-0.39, 0.29) is 32.3 Å². The molecule has 1 aliphatic heterocycles. The number of nitrogens with zero attached hydrogens (tertiary/aromatic N) is 2. The molecule has 0 saturated carbocycles. The van der Waals surface area contributed by atoms with Crippen LogP contribution < -0.4 is 15.1 Å². The van der Waals surface area contributed by atoms with Crippen molar-refractivity contribution in [3.05, 3.63) is 86.0 Å². The van der Waals surface area contributed by atoms with E-state index in [1.54, 1.807) is 31.2 Å². The lowest BCUT2D eigenvalue weighted by Crippen LogP contribution is -2.29. The Morgan fingerprint density at radius 1 is 1.18 bits per heavy atom. The van der Waals surface area contributed by atoms with E-state index >= 15 is 0 Å². The largest absolute Gasteiger partial charge is 0.497 e. The van der Waals surface area contributed by atoms with Crippen LogP contribution in [0.1, 0.15) is 43.1 Å². The quantitative estimate of drug-likeness (QED) is 0.403. The van der Waals surface area contributed by atoms with E-state index < -0.39 is 29.2 Å². The SMILES string of the molecule is COC(=O)c1sc(N2C(=O)c3oc4ccc(F)cc4c(=O)c3[C@@H]2c2cccc(OC)c2)nc1C. The zero-order valence-electron chi connectivity index (χ0n) is 18.2. The molecule has 34 heavy (non-hydrogen) atoms. The lowest BCUT2D eigenvalue weighted by molar-refractivity contribution is 0.0605.